The van der Waals surface area contributed by atoms with Gasteiger partial charge in [0.15, 0.2) is 0 Å². The molecule has 3 aromatic carbocycles. The van der Waals surface area contributed by atoms with Gasteiger partial charge in [0.1, 0.15) is 23.1 Å². The van der Waals surface area contributed by atoms with Crippen LogP contribution < -0.4 is 15.0 Å². The maximum absolute atomic E-state index is 14.5. The maximum atomic E-state index is 14.5. The molecule has 5 nitrogen and oxygen atoms in total. The number of amides is 2. The number of rotatable bonds is 6. The second kappa shape index (κ2) is 8.63. The molecule has 1 aliphatic rings. The van der Waals surface area contributed by atoms with Gasteiger partial charge in [-0.15, -0.1) is 0 Å². The number of carbonyl (C=O) groups is 2. The number of imide groups is 1. The van der Waals surface area contributed by atoms with Gasteiger partial charge in [0.05, 0.1) is 17.9 Å². The topological polar surface area (TPSA) is 58.6 Å². The van der Waals surface area contributed by atoms with E-state index in [4.69, 9.17) is 4.74 Å². The lowest BCUT2D eigenvalue weighted by molar-refractivity contribution is -0.120. The van der Waals surface area contributed by atoms with E-state index in [1.54, 1.807) is 36.4 Å². The normalized spacial score (nSPS) is 13.7. The van der Waals surface area contributed by atoms with E-state index < -0.39 is 23.4 Å². The quantitative estimate of drug-likeness (QED) is 0.551. The van der Waals surface area contributed by atoms with Crippen molar-refractivity contribution in [3.05, 3.63) is 95.2 Å². The molecule has 0 atom stereocenters. The average molecular weight is 434 g/mol. The summed E-state index contributed by atoms with van der Waals surface area (Å²) >= 11 is 0. The van der Waals surface area contributed by atoms with Crippen molar-refractivity contribution < 1.29 is 23.1 Å². The molecule has 0 fully saturated rings. The molecule has 0 saturated carbocycles. The molecule has 0 spiro atoms. The highest BCUT2D eigenvalue weighted by Crippen LogP contribution is 2.36. The summed E-state index contributed by atoms with van der Waals surface area (Å²) in [5.41, 5.74) is 1.74. The minimum Gasteiger partial charge on any atom is -0.494 e. The molecule has 7 heteroatoms. The van der Waals surface area contributed by atoms with Gasteiger partial charge in [-0.05, 0) is 55.3 Å². The Hall–Kier alpha value is -4.00. The third-order valence-electron chi connectivity index (χ3n) is 5.09. The molecule has 0 radical (unpaired) electrons. The summed E-state index contributed by atoms with van der Waals surface area (Å²) < 4.78 is 33.4. The fraction of sp³-hybridized carbons (Fsp3) is 0.120. The maximum Gasteiger partial charge on any atom is 0.282 e. The van der Waals surface area contributed by atoms with Crippen molar-refractivity contribution >= 4 is 28.8 Å². The highest BCUT2D eigenvalue weighted by atomic mass is 19.1. The summed E-state index contributed by atoms with van der Waals surface area (Å²) in [6.07, 6.45) is 0. The first-order chi connectivity index (χ1) is 15.4. The van der Waals surface area contributed by atoms with Gasteiger partial charge in [-0.25, -0.2) is 13.7 Å². The number of benzene rings is 3. The molecule has 2 amide bonds. The lowest BCUT2D eigenvalue weighted by Gasteiger charge is -2.16. The largest absolute Gasteiger partial charge is 0.494 e. The number of nitrogens with one attached hydrogen (secondary N) is 1. The van der Waals surface area contributed by atoms with Gasteiger partial charge < -0.3 is 10.1 Å². The highest BCUT2D eigenvalue weighted by molar-refractivity contribution is 6.46. The predicted octanol–water partition coefficient (Wildman–Crippen LogP) is 5.07. The summed E-state index contributed by atoms with van der Waals surface area (Å²) in [6.45, 7) is 4.20. The number of carbonyl (C=O) groups excluding carboxylic acids is 2. The molecule has 1 N–H and O–H groups in total. The molecule has 4 rings (SSSR count). The van der Waals surface area contributed by atoms with Crippen LogP contribution in [0.5, 0.6) is 5.75 Å². The van der Waals surface area contributed by atoms with Crippen LogP contribution in [0.15, 0.2) is 72.4 Å². The molecule has 162 valence electrons. The molecule has 0 unspecified atom stereocenters. The highest BCUT2D eigenvalue weighted by Gasteiger charge is 2.41. The summed E-state index contributed by atoms with van der Waals surface area (Å²) in [6, 6.07) is 16.7. The van der Waals surface area contributed by atoms with Crippen LogP contribution in [-0.4, -0.2) is 18.4 Å². The number of ether oxygens (including phenoxy) is 1. The van der Waals surface area contributed by atoms with Crippen molar-refractivity contribution in [2.75, 3.05) is 16.8 Å². The van der Waals surface area contributed by atoms with E-state index in [1.807, 2.05) is 26.0 Å². The van der Waals surface area contributed by atoms with Crippen molar-refractivity contribution in [3.63, 3.8) is 0 Å². The monoisotopic (exact) mass is 434 g/mol. The molecule has 3 aromatic rings. The van der Waals surface area contributed by atoms with Crippen LogP contribution >= 0.6 is 0 Å². The van der Waals surface area contributed by atoms with E-state index >= 15 is 0 Å². The number of aryl methyl sites for hydroxylation is 1. The van der Waals surface area contributed by atoms with Crippen LogP contribution in [-0.2, 0) is 9.59 Å². The van der Waals surface area contributed by atoms with E-state index in [1.165, 1.54) is 0 Å². The van der Waals surface area contributed by atoms with Crippen molar-refractivity contribution in [1.82, 2.24) is 0 Å². The zero-order valence-electron chi connectivity index (χ0n) is 17.5. The van der Waals surface area contributed by atoms with Gasteiger partial charge in [-0.3, -0.25) is 9.59 Å². The van der Waals surface area contributed by atoms with Crippen LogP contribution in [0.1, 0.15) is 18.1 Å². The molecule has 1 heterocycles. The van der Waals surface area contributed by atoms with E-state index in [0.29, 0.717) is 29.7 Å². The van der Waals surface area contributed by atoms with Crippen molar-refractivity contribution in [1.29, 1.82) is 0 Å². The number of hydrogen-bond donors (Lipinski definition) is 1. The van der Waals surface area contributed by atoms with E-state index in [0.717, 1.165) is 22.6 Å². The minimum absolute atomic E-state index is 0.0113. The fourth-order valence-electron chi connectivity index (χ4n) is 3.53. The van der Waals surface area contributed by atoms with Gasteiger partial charge in [0.2, 0.25) is 0 Å². The van der Waals surface area contributed by atoms with Crippen LogP contribution in [0.25, 0.3) is 5.57 Å². The number of nitrogens with zero attached hydrogens (tertiary/aromatic N) is 1. The smallest absolute Gasteiger partial charge is 0.282 e. The zero-order chi connectivity index (χ0) is 22.8. The third kappa shape index (κ3) is 3.85. The summed E-state index contributed by atoms with van der Waals surface area (Å²) in [5.74, 6) is -2.63. The molecule has 0 bridgehead atoms. The number of para-hydroxylation sites is 1. The van der Waals surface area contributed by atoms with Crippen LogP contribution in [0.4, 0.5) is 20.2 Å². The Kier molecular flexibility index (Phi) is 5.73. The Balaban J connectivity index is 1.83. The molecule has 32 heavy (non-hydrogen) atoms. The first kappa shape index (κ1) is 21.2. The zero-order valence-corrected chi connectivity index (χ0v) is 17.5. The van der Waals surface area contributed by atoms with E-state index in [2.05, 4.69) is 5.32 Å². The van der Waals surface area contributed by atoms with Crippen molar-refractivity contribution in [2.45, 2.75) is 13.8 Å². The summed E-state index contributed by atoms with van der Waals surface area (Å²) in [5, 5.41) is 3.05. The third-order valence-corrected chi connectivity index (χ3v) is 5.09. The molecule has 0 aliphatic carbocycles. The lowest BCUT2D eigenvalue weighted by atomic mass is 10.0. The van der Waals surface area contributed by atoms with Crippen molar-refractivity contribution in [3.8, 4) is 5.75 Å². The molecular formula is C25H20F2N2O3. The average Bonchev–Trinajstić information content (AvgIpc) is 3.00. The fourth-order valence-corrected chi connectivity index (χ4v) is 3.53. The Morgan fingerprint density at radius 2 is 1.66 bits per heavy atom. The number of halogens is 2. The summed E-state index contributed by atoms with van der Waals surface area (Å²) in [7, 11) is 0. The predicted molar refractivity (Wildman–Crippen MR) is 118 cm³/mol. The van der Waals surface area contributed by atoms with Gasteiger partial charge in [0, 0.05) is 11.8 Å². The Labute approximate surface area is 183 Å². The second-order valence-electron chi connectivity index (χ2n) is 7.19. The first-order valence-corrected chi connectivity index (χ1v) is 10.0. The molecule has 0 aromatic heterocycles. The second-order valence-corrected chi connectivity index (χ2v) is 7.19. The van der Waals surface area contributed by atoms with E-state index in [9.17, 15) is 18.4 Å². The Morgan fingerprint density at radius 3 is 2.31 bits per heavy atom. The Morgan fingerprint density at radius 1 is 0.938 bits per heavy atom. The lowest BCUT2D eigenvalue weighted by Crippen LogP contribution is -2.33. The van der Waals surface area contributed by atoms with Gasteiger partial charge in [0.25, 0.3) is 11.8 Å². The first-order valence-electron chi connectivity index (χ1n) is 10.0. The van der Waals surface area contributed by atoms with Crippen molar-refractivity contribution in [2.24, 2.45) is 0 Å². The van der Waals surface area contributed by atoms with E-state index in [-0.39, 0.29) is 17.0 Å². The van der Waals surface area contributed by atoms with Gasteiger partial charge >= 0.3 is 0 Å². The minimum atomic E-state index is -1.00. The van der Waals surface area contributed by atoms with Gasteiger partial charge in [-0.1, -0.05) is 30.3 Å². The SMILES string of the molecule is CCOc1ccc(C2=C(Nc3ccccc3C)C(=O)N(c3ccc(F)cc3F)C2=O)cc1. The van der Waals surface area contributed by atoms with Gasteiger partial charge in [-0.2, -0.15) is 0 Å². The standard InChI is InChI=1S/C25H20F2N2O3/c1-3-32-18-11-8-16(9-12-18)22-23(28-20-7-5-4-6-15(20)2)25(31)29(24(22)30)21-13-10-17(26)14-19(21)27/h4-14,28H,3H2,1-2H3. The Bertz CT molecular complexity index is 1240. The van der Waals surface area contributed by atoms with Crippen LogP contribution in [0.2, 0.25) is 0 Å². The number of hydrogen-bond acceptors (Lipinski definition) is 4. The molecular weight excluding hydrogens is 414 g/mol. The summed E-state index contributed by atoms with van der Waals surface area (Å²) in [4.78, 5) is 27.4. The number of anilines is 2. The molecule has 1 aliphatic heterocycles. The van der Waals surface area contributed by atoms with Crippen LogP contribution in [0, 0.1) is 18.6 Å². The molecule has 0 saturated heterocycles. The van der Waals surface area contributed by atoms with Crippen LogP contribution in [0.3, 0.4) is 0 Å².